The average Bonchev–Trinajstić information content (AvgIpc) is 2.82. The van der Waals surface area contributed by atoms with Gasteiger partial charge in [-0.25, -0.2) is 9.37 Å². The van der Waals surface area contributed by atoms with E-state index in [1.165, 1.54) is 6.07 Å². The van der Waals surface area contributed by atoms with Crippen LogP contribution in [0.25, 0.3) is 11.1 Å². The van der Waals surface area contributed by atoms with Gasteiger partial charge in [0.2, 0.25) is 5.89 Å². The maximum atomic E-state index is 13.4. The van der Waals surface area contributed by atoms with Gasteiger partial charge in [0.1, 0.15) is 17.1 Å². The summed E-state index contributed by atoms with van der Waals surface area (Å²) in [5, 5.41) is 0. The Kier molecular flexibility index (Phi) is 3.02. The number of fused-ring (bicyclic) bond motifs is 1. The summed E-state index contributed by atoms with van der Waals surface area (Å²) < 4.78 is 24.4. The number of hydrogen-bond acceptors (Lipinski definition) is 4. The van der Waals surface area contributed by atoms with Crippen LogP contribution in [0.4, 0.5) is 10.1 Å². The van der Waals surface area contributed by atoms with Crippen LogP contribution in [0.2, 0.25) is 0 Å². The van der Waals surface area contributed by atoms with Crippen LogP contribution in [0, 0.1) is 12.7 Å². The molecule has 0 spiro atoms. The lowest BCUT2D eigenvalue weighted by atomic mass is 10.2. The van der Waals surface area contributed by atoms with Crippen LogP contribution in [0.3, 0.4) is 0 Å². The number of rotatable bonds is 3. The third-order valence-electron chi connectivity index (χ3n) is 2.96. The maximum Gasteiger partial charge on any atom is 0.233 e. The molecule has 0 unspecified atom stereocenters. The number of aryl methyl sites for hydroxylation is 1. The van der Waals surface area contributed by atoms with Crippen LogP contribution >= 0.6 is 0 Å². The molecule has 3 rings (SSSR count). The first kappa shape index (κ1) is 12.5. The van der Waals surface area contributed by atoms with E-state index in [4.69, 9.17) is 14.9 Å². The smallest absolute Gasteiger partial charge is 0.233 e. The van der Waals surface area contributed by atoms with Gasteiger partial charge in [-0.2, -0.15) is 0 Å². The summed E-state index contributed by atoms with van der Waals surface area (Å²) in [6.07, 6.45) is 0. The van der Waals surface area contributed by atoms with E-state index in [9.17, 15) is 4.39 Å². The highest BCUT2D eigenvalue weighted by Gasteiger charge is 2.07. The molecule has 0 atom stereocenters. The standard InChI is InChI=1S/C15H13FN2O2/c1-9-2-4-11(7-12(9)16)19-8-15-18-13-5-3-10(17)6-14(13)20-15/h2-7H,8,17H2,1H3. The number of oxazole rings is 1. The molecule has 1 aromatic heterocycles. The zero-order valence-electron chi connectivity index (χ0n) is 10.9. The van der Waals surface area contributed by atoms with Gasteiger partial charge in [0.05, 0.1) is 0 Å². The minimum absolute atomic E-state index is 0.136. The van der Waals surface area contributed by atoms with Crippen molar-refractivity contribution in [3.05, 3.63) is 53.7 Å². The van der Waals surface area contributed by atoms with Crippen molar-refractivity contribution in [2.24, 2.45) is 0 Å². The van der Waals surface area contributed by atoms with E-state index < -0.39 is 0 Å². The third-order valence-corrected chi connectivity index (χ3v) is 2.96. The van der Waals surface area contributed by atoms with Crippen molar-refractivity contribution in [1.82, 2.24) is 4.98 Å². The molecular weight excluding hydrogens is 259 g/mol. The molecule has 0 bridgehead atoms. The molecule has 2 aromatic carbocycles. The molecule has 0 fully saturated rings. The fourth-order valence-corrected chi connectivity index (χ4v) is 1.86. The number of nitrogens with two attached hydrogens (primary N) is 1. The average molecular weight is 272 g/mol. The molecule has 0 saturated carbocycles. The van der Waals surface area contributed by atoms with Gasteiger partial charge in [0, 0.05) is 17.8 Å². The van der Waals surface area contributed by atoms with Gasteiger partial charge in [-0.1, -0.05) is 6.07 Å². The van der Waals surface area contributed by atoms with E-state index in [-0.39, 0.29) is 12.4 Å². The first-order valence-electron chi connectivity index (χ1n) is 6.16. The third kappa shape index (κ3) is 2.42. The Bertz CT molecular complexity index is 768. The van der Waals surface area contributed by atoms with Crippen molar-refractivity contribution in [2.75, 3.05) is 5.73 Å². The molecule has 0 aliphatic carbocycles. The number of ether oxygens (including phenoxy) is 1. The molecule has 4 nitrogen and oxygen atoms in total. The van der Waals surface area contributed by atoms with E-state index in [0.717, 1.165) is 0 Å². The summed E-state index contributed by atoms with van der Waals surface area (Å²) in [4.78, 5) is 4.27. The Morgan fingerprint density at radius 3 is 2.90 bits per heavy atom. The minimum atomic E-state index is -0.298. The van der Waals surface area contributed by atoms with Gasteiger partial charge < -0.3 is 14.9 Å². The first-order chi connectivity index (χ1) is 9.61. The Morgan fingerprint density at radius 1 is 1.25 bits per heavy atom. The lowest BCUT2D eigenvalue weighted by Gasteiger charge is -2.04. The van der Waals surface area contributed by atoms with Crippen molar-refractivity contribution in [2.45, 2.75) is 13.5 Å². The first-order valence-corrected chi connectivity index (χ1v) is 6.16. The maximum absolute atomic E-state index is 13.4. The zero-order chi connectivity index (χ0) is 14.1. The number of aromatic nitrogens is 1. The molecular formula is C15H13FN2O2. The zero-order valence-corrected chi connectivity index (χ0v) is 10.9. The van der Waals surface area contributed by atoms with Crippen molar-refractivity contribution >= 4 is 16.8 Å². The quantitative estimate of drug-likeness (QED) is 0.742. The van der Waals surface area contributed by atoms with Gasteiger partial charge >= 0.3 is 0 Å². The highest BCUT2D eigenvalue weighted by atomic mass is 19.1. The summed E-state index contributed by atoms with van der Waals surface area (Å²) in [5.41, 5.74) is 8.18. The van der Waals surface area contributed by atoms with Gasteiger partial charge in [-0.05, 0) is 30.7 Å². The summed E-state index contributed by atoms with van der Waals surface area (Å²) in [6.45, 7) is 1.83. The topological polar surface area (TPSA) is 61.3 Å². The summed E-state index contributed by atoms with van der Waals surface area (Å²) in [7, 11) is 0. The molecule has 102 valence electrons. The highest BCUT2D eigenvalue weighted by molar-refractivity contribution is 5.76. The van der Waals surface area contributed by atoms with Crippen LogP contribution in [0.15, 0.2) is 40.8 Å². The number of nitrogens with zero attached hydrogens (tertiary/aromatic N) is 1. The monoisotopic (exact) mass is 272 g/mol. The number of anilines is 1. The Labute approximate surface area is 115 Å². The summed E-state index contributed by atoms with van der Waals surface area (Å²) >= 11 is 0. The minimum Gasteiger partial charge on any atom is -0.484 e. The van der Waals surface area contributed by atoms with E-state index >= 15 is 0 Å². The molecule has 0 radical (unpaired) electrons. The predicted octanol–water partition coefficient (Wildman–Crippen LogP) is 3.44. The normalized spacial score (nSPS) is 10.9. The van der Waals surface area contributed by atoms with Crippen molar-refractivity contribution < 1.29 is 13.5 Å². The Balaban J connectivity index is 1.77. The molecule has 0 saturated heterocycles. The molecule has 2 N–H and O–H groups in total. The van der Waals surface area contributed by atoms with Crippen molar-refractivity contribution in [3.63, 3.8) is 0 Å². The highest BCUT2D eigenvalue weighted by Crippen LogP contribution is 2.21. The largest absolute Gasteiger partial charge is 0.484 e. The van der Waals surface area contributed by atoms with Gasteiger partial charge in [0.15, 0.2) is 12.2 Å². The number of benzene rings is 2. The number of halogens is 1. The molecule has 3 aromatic rings. The van der Waals surface area contributed by atoms with Gasteiger partial charge in [-0.3, -0.25) is 0 Å². The SMILES string of the molecule is Cc1ccc(OCc2nc3ccc(N)cc3o2)cc1F. The second kappa shape index (κ2) is 4.85. The molecule has 0 amide bonds. The predicted molar refractivity (Wildman–Crippen MR) is 73.9 cm³/mol. The van der Waals surface area contributed by atoms with Crippen LogP contribution < -0.4 is 10.5 Å². The number of nitrogen functional groups attached to an aromatic ring is 1. The lowest BCUT2D eigenvalue weighted by molar-refractivity contribution is 0.266. The van der Waals surface area contributed by atoms with Crippen molar-refractivity contribution in [1.29, 1.82) is 0 Å². The van der Waals surface area contributed by atoms with Gasteiger partial charge in [0.25, 0.3) is 0 Å². The summed E-state index contributed by atoms with van der Waals surface area (Å²) in [6, 6.07) is 9.96. The second-order valence-corrected chi connectivity index (χ2v) is 4.53. The van der Waals surface area contributed by atoms with Crippen LogP contribution in [-0.2, 0) is 6.61 Å². The van der Waals surface area contributed by atoms with Crippen LogP contribution in [0.5, 0.6) is 5.75 Å². The molecule has 1 heterocycles. The summed E-state index contributed by atoms with van der Waals surface area (Å²) in [5.74, 6) is 0.564. The molecule has 0 aliphatic heterocycles. The molecule has 5 heteroatoms. The lowest BCUT2D eigenvalue weighted by Crippen LogP contribution is -1.96. The van der Waals surface area contributed by atoms with E-state index in [1.807, 2.05) is 0 Å². The van der Waals surface area contributed by atoms with Crippen LogP contribution in [-0.4, -0.2) is 4.98 Å². The van der Waals surface area contributed by atoms with E-state index in [2.05, 4.69) is 4.98 Å². The molecule has 0 aliphatic rings. The number of hydrogen-bond donors (Lipinski definition) is 1. The van der Waals surface area contributed by atoms with E-state index in [1.54, 1.807) is 37.3 Å². The van der Waals surface area contributed by atoms with Gasteiger partial charge in [-0.15, -0.1) is 0 Å². The second-order valence-electron chi connectivity index (χ2n) is 4.53. The van der Waals surface area contributed by atoms with E-state index in [0.29, 0.717) is 34.0 Å². The Morgan fingerprint density at radius 2 is 2.10 bits per heavy atom. The fraction of sp³-hybridized carbons (Fsp3) is 0.133. The van der Waals surface area contributed by atoms with Crippen molar-refractivity contribution in [3.8, 4) is 5.75 Å². The Hall–Kier alpha value is -2.56. The fourth-order valence-electron chi connectivity index (χ4n) is 1.86. The van der Waals surface area contributed by atoms with Crippen LogP contribution in [0.1, 0.15) is 11.5 Å². The molecule has 20 heavy (non-hydrogen) atoms.